The van der Waals surface area contributed by atoms with E-state index in [0.29, 0.717) is 19.0 Å². The van der Waals surface area contributed by atoms with Crippen LogP contribution in [0.15, 0.2) is 54.7 Å². The Balaban J connectivity index is 1.82. The Morgan fingerprint density at radius 1 is 0.960 bits per heavy atom. The lowest BCUT2D eigenvalue weighted by Gasteiger charge is -2.17. The highest BCUT2D eigenvalue weighted by Crippen LogP contribution is 2.51. The van der Waals surface area contributed by atoms with Gasteiger partial charge in [0, 0.05) is 17.1 Å². The van der Waals surface area contributed by atoms with Crippen LogP contribution in [0.1, 0.15) is 19.4 Å². The van der Waals surface area contributed by atoms with Crippen molar-refractivity contribution >= 4 is 18.5 Å². The summed E-state index contributed by atoms with van der Waals surface area (Å²) in [5.74, 6) is 0.669. The van der Waals surface area contributed by atoms with Gasteiger partial charge in [0.15, 0.2) is 5.82 Å². The van der Waals surface area contributed by atoms with E-state index >= 15 is 0 Å². The maximum atomic E-state index is 12.6. The van der Waals surface area contributed by atoms with Crippen molar-refractivity contribution in [2.24, 2.45) is 0 Å². The molecule has 5 nitrogen and oxygen atoms in total. The van der Waals surface area contributed by atoms with Crippen LogP contribution in [0.3, 0.4) is 0 Å². The van der Waals surface area contributed by atoms with Gasteiger partial charge in [0.25, 0.3) is 0 Å². The topological polar surface area (TPSA) is 61.3 Å². The molecule has 3 rings (SSSR count). The molecule has 0 aliphatic carbocycles. The normalized spacial score (nSPS) is 11.8. The predicted octanol–water partition coefficient (Wildman–Crippen LogP) is 5.06. The van der Waals surface area contributed by atoms with E-state index in [4.69, 9.17) is 9.05 Å². The maximum Gasteiger partial charge on any atom is 0.335 e. The molecular weight excluding hydrogens is 335 g/mol. The lowest BCUT2D eigenvalue weighted by atomic mass is 10.1. The molecule has 0 saturated heterocycles. The highest BCUT2D eigenvalue weighted by molar-refractivity contribution is 7.53. The van der Waals surface area contributed by atoms with E-state index in [9.17, 15) is 4.57 Å². The zero-order valence-corrected chi connectivity index (χ0v) is 15.3. The minimum atomic E-state index is -3.09. The average molecular weight is 356 g/mol. The van der Waals surface area contributed by atoms with Gasteiger partial charge < -0.3 is 9.05 Å². The van der Waals surface area contributed by atoms with E-state index in [0.717, 1.165) is 22.0 Å². The largest absolute Gasteiger partial charge is 0.335 e. The van der Waals surface area contributed by atoms with E-state index in [1.54, 1.807) is 0 Å². The van der Waals surface area contributed by atoms with Crippen LogP contribution in [-0.2, 0) is 19.8 Å². The van der Waals surface area contributed by atoms with E-state index in [1.165, 1.54) is 0 Å². The highest BCUT2D eigenvalue weighted by Gasteiger charge is 2.23. The van der Waals surface area contributed by atoms with Crippen LogP contribution < -0.4 is 0 Å². The van der Waals surface area contributed by atoms with E-state index in [-0.39, 0.29) is 6.16 Å². The summed E-state index contributed by atoms with van der Waals surface area (Å²) in [4.78, 5) is 9.02. The summed E-state index contributed by atoms with van der Waals surface area (Å²) in [6, 6.07) is 15.6. The molecule has 0 bridgehead atoms. The second kappa shape index (κ2) is 7.87. The third-order valence-corrected chi connectivity index (χ3v) is 5.78. The van der Waals surface area contributed by atoms with Crippen LogP contribution in [0.5, 0.6) is 0 Å². The van der Waals surface area contributed by atoms with E-state index in [1.807, 2.05) is 68.6 Å². The molecule has 0 unspecified atom stereocenters. The molecule has 0 saturated carbocycles. The zero-order chi connectivity index (χ0) is 17.7. The second-order valence-electron chi connectivity index (χ2n) is 5.55. The Morgan fingerprint density at radius 2 is 1.64 bits per heavy atom. The van der Waals surface area contributed by atoms with Crippen molar-refractivity contribution in [3.8, 4) is 11.4 Å². The van der Waals surface area contributed by atoms with Gasteiger partial charge in [-0.2, -0.15) is 0 Å². The van der Waals surface area contributed by atoms with Crippen LogP contribution in [0.2, 0.25) is 0 Å². The van der Waals surface area contributed by atoms with Gasteiger partial charge in [0.2, 0.25) is 0 Å². The molecule has 1 aromatic heterocycles. The highest BCUT2D eigenvalue weighted by atomic mass is 31.2. The van der Waals surface area contributed by atoms with Crippen LogP contribution >= 0.6 is 7.60 Å². The van der Waals surface area contributed by atoms with Gasteiger partial charge in [-0.1, -0.05) is 42.5 Å². The summed E-state index contributed by atoms with van der Waals surface area (Å²) in [6.45, 7) is 4.35. The Bertz CT molecular complexity index is 887. The van der Waals surface area contributed by atoms with Gasteiger partial charge in [0.1, 0.15) is 0 Å². The average Bonchev–Trinajstić information content (AvgIpc) is 2.62. The molecule has 2 aromatic carbocycles. The fraction of sp³-hybridized carbons (Fsp3) is 0.263. The predicted molar refractivity (Wildman–Crippen MR) is 99.5 cm³/mol. The first-order chi connectivity index (χ1) is 12.1. The van der Waals surface area contributed by atoms with Crippen molar-refractivity contribution in [3.63, 3.8) is 0 Å². The molecule has 0 aliphatic rings. The van der Waals surface area contributed by atoms with Crippen LogP contribution in [0.4, 0.5) is 0 Å². The number of nitrogens with zero attached hydrogens (tertiary/aromatic N) is 2. The summed E-state index contributed by atoms with van der Waals surface area (Å²) >= 11 is 0. The van der Waals surface area contributed by atoms with Gasteiger partial charge in [-0.25, -0.2) is 9.97 Å². The molecule has 0 amide bonds. The van der Waals surface area contributed by atoms with E-state index in [2.05, 4.69) is 9.97 Å². The minimum absolute atomic E-state index is 0.257. The molecule has 3 aromatic rings. The molecule has 0 aliphatic heterocycles. The lowest BCUT2D eigenvalue weighted by molar-refractivity contribution is 0.219. The number of hydrogen-bond acceptors (Lipinski definition) is 5. The molecule has 0 N–H and O–H groups in total. The molecule has 0 fully saturated rings. The fourth-order valence-corrected chi connectivity index (χ4v) is 4.32. The summed E-state index contributed by atoms with van der Waals surface area (Å²) < 4.78 is 23.3. The van der Waals surface area contributed by atoms with Crippen molar-refractivity contribution in [3.05, 3.63) is 60.3 Å². The number of rotatable bonds is 7. The quantitative estimate of drug-likeness (QED) is 0.554. The number of aromatic nitrogens is 2. The Labute approximate surface area is 147 Å². The second-order valence-corrected chi connectivity index (χ2v) is 7.61. The van der Waals surface area contributed by atoms with Crippen molar-refractivity contribution in [1.82, 2.24) is 9.97 Å². The van der Waals surface area contributed by atoms with Crippen molar-refractivity contribution < 1.29 is 13.6 Å². The molecule has 130 valence electrons. The summed E-state index contributed by atoms with van der Waals surface area (Å²) in [5, 5.41) is 1.01. The molecular formula is C19H21N2O3P. The Kier molecular flexibility index (Phi) is 5.59. The molecule has 1 heterocycles. The smallest absolute Gasteiger partial charge is 0.309 e. The Hall–Kier alpha value is -2.07. The lowest BCUT2D eigenvalue weighted by Crippen LogP contribution is -1.99. The van der Waals surface area contributed by atoms with Gasteiger partial charge in [-0.15, -0.1) is 0 Å². The number of benzene rings is 2. The third-order valence-electron chi connectivity index (χ3n) is 3.73. The monoisotopic (exact) mass is 356 g/mol. The van der Waals surface area contributed by atoms with Gasteiger partial charge in [-0.3, -0.25) is 4.57 Å². The molecule has 25 heavy (non-hydrogen) atoms. The SMILES string of the molecule is CCOP(=O)(Cc1ccc(-c2ncc3ccccc3n2)cc1)OCC. The van der Waals surface area contributed by atoms with Crippen molar-refractivity contribution in [1.29, 1.82) is 0 Å². The molecule has 0 radical (unpaired) electrons. The fourth-order valence-electron chi connectivity index (χ4n) is 2.62. The van der Waals surface area contributed by atoms with Gasteiger partial charge in [-0.05, 0) is 25.5 Å². The first-order valence-electron chi connectivity index (χ1n) is 8.33. The zero-order valence-electron chi connectivity index (χ0n) is 14.4. The molecule has 0 spiro atoms. The van der Waals surface area contributed by atoms with Crippen LogP contribution in [-0.4, -0.2) is 23.2 Å². The number of hydrogen-bond donors (Lipinski definition) is 0. The summed E-state index contributed by atoms with van der Waals surface area (Å²) in [7, 11) is -3.09. The maximum absolute atomic E-state index is 12.6. The van der Waals surface area contributed by atoms with Crippen LogP contribution in [0, 0.1) is 0 Å². The van der Waals surface area contributed by atoms with Gasteiger partial charge in [0.05, 0.1) is 24.9 Å². The Morgan fingerprint density at radius 3 is 2.32 bits per heavy atom. The van der Waals surface area contributed by atoms with E-state index < -0.39 is 7.60 Å². The summed E-state index contributed by atoms with van der Waals surface area (Å²) in [6.07, 6.45) is 2.08. The molecule has 6 heteroatoms. The van der Waals surface area contributed by atoms with Crippen LogP contribution in [0.25, 0.3) is 22.3 Å². The third kappa shape index (κ3) is 4.31. The minimum Gasteiger partial charge on any atom is -0.309 e. The number of para-hydroxylation sites is 1. The summed E-state index contributed by atoms with van der Waals surface area (Å²) in [5.41, 5.74) is 2.72. The standard InChI is InChI=1S/C19H21N2O3P/c1-3-23-25(22,24-4-2)14-15-9-11-16(12-10-15)19-20-13-17-7-5-6-8-18(17)21-19/h5-13H,3-4,14H2,1-2H3. The molecule has 0 atom stereocenters. The van der Waals surface area contributed by atoms with Crippen molar-refractivity contribution in [2.45, 2.75) is 20.0 Å². The first-order valence-corrected chi connectivity index (χ1v) is 10.1. The first kappa shape index (κ1) is 17.7. The van der Waals surface area contributed by atoms with Crippen molar-refractivity contribution in [2.75, 3.05) is 13.2 Å². The number of fused-ring (bicyclic) bond motifs is 1. The van der Waals surface area contributed by atoms with Gasteiger partial charge >= 0.3 is 7.60 Å².